The third-order valence-corrected chi connectivity index (χ3v) is 0.612. The molecule has 0 aromatic carbocycles. The minimum atomic E-state index is 0.324. The number of aliphatic hydroxyl groups excluding tert-OH is 1. The van der Waals surface area contributed by atoms with Crippen LogP contribution < -0.4 is 0 Å². The Morgan fingerprint density at radius 2 is 2.00 bits per heavy atom. The van der Waals surface area contributed by atoms with Gasteiger partial charge >= 0.3 is 38.5 Å². The summed E-state index contributed by atoms with van der Waals surface area (Å²) in [5, 5.41) is 7.88. The van der Waals surface area contributed by atoms with Crippen molar-refractivity contribution in [3.63, 3.8) is 0 Å². The zero-order valence-corrected chi connectivity index (χ0v) is 4.60. The van der Waals surface area contributed by atoms with Crippen LogP contribution >= 0.6 is 0 Å². The van der Waals surface area contributed by atoms with E-state index >= 15 is 0 Å². The van der Waals surface area contributed by atoms with Crippen molar-refractivity contribution in [2.24, 2.45) is 0 Å². The molecule has 1 radical (unpaired) electrons. The van der Waals surface area contributed by atoms with Gasteiger partial charge in [0.05, 0.1) is 0 Å². The second kappa shape index (κ2) is 3.75. The van der Waals surface area contributed by atoms with Crippen LogP contribution in [0, 0.1) is 0 Å². The summed E-state index contributed by atoms with van der Waals surface area (Å²) in [6, 6.07) is 0. The monoisotopic (exact) mass is 175 g/mol. The molecule has 1 nitrogen and oxygen atoms in total. The molecule has 1 N–H and O–H groups in total. The van der Waals surface area contributed by atoms with Crippen molar-refractivity contribution in [2.45, 2.75) is 4.47 Å². The number of rotatable bonds is 1. The molecule has 0 aliphatic carbocycles. The van der Waals surface area contributed by atoms with Gasteiger partial charge in [-0.15, -0.1) is 0 Å². The van der Waals surface area contributed by atoms with Gasteiger partial charge < -0.3 is 0 Å². The summed E-state index contributed by atoms with van der Waals surface area (Å²) in [7, 11) is 0. The van der Waals surface area contributed by atoms with Crippen molar-refractivity contribution in [1.82, 2.24) is 0 Å². The van der Waals surface area contributed by atoms with Gasteiger partial charge in [-0.05, 0) is 0 Å². The Morgan fingerprint density at radius 1 is 1.75 bits per heavy atom. The topological polar surface area (TPSA) is 20.2 Å². The predicted molar refractivity (Wildman–Crippen MR) is 17.6 cm³/mol. The van der Waals surface area contributed by atoms with E-state index in [-0.39, 0.29) is 0 Å². The van der Waals surface area contributed by atoms with Crippen molar-refractivity contribution in [2.75, 3.05) is 6.61 Å². The van der Waals surface area contributed by atoms with Gasteiger partial charge in [-0.2, -0.15) is 0 Å². The third kappa shape index (κ3) is 2.75. The van der Waals surface area contributed by atoms with Crippen LogP contribution in [0.15, 0.2) is 0 Å². The van der Waals surface area contributed by atoms with Gasteiger partial charge in [-0.25, -0.2) is 0 Å². The minimum absolute atomic E-state index is 0.324. The molecule has 0 saturated heterocycles. The SMILES string of the molecule is OCC[Te]. The van der Waals surface area contributed by atoms with E-state index in [1.807, 2.05) is 22.3 Å². The molecule has 0 rings (SSSR count). The molecule has 0 aliphatic rings. The summed E-state index contributed by atoms with van der Waals surface area (Å²) >= 11 is 1.87. The van der Waals surface area contributed by atoms with Gasteiger partial charge in [0.1, 0.15) is 0 Å². The molecule has 0 bridgehead atoms. The number of aliphatic hydroxyl groups is 1. The molecule has 0 aromatic heterocycles. The molecule has 0 fully saturated rings. The maximum absolute atomic E-state index is 7.88. The zero-order chi connectivity index (χ0) is 3.41. The van der Waals surface area contributed by atoms with Crippen LogP contribution in [0.4, 0.5) is 0 Å². The maximum atomic E-state index is 7.88. The van der Waals surface area contributed by atoms with Crippen LogP contribution in [0.1, 0.15) is 0 Å². The first-order valence-electron chi connectivity index (χ1n) is 1.10. The van der Waals surface area contributed by atoms with Crippen molar-refractivity contribution in [3.05, 3.63) is 0 Å². The molecule has 0 amide bonds. The van der Waals surface area contributed by atoms with Crippen molar-refractivity contribution in [1.29, 1.82) is 0 Å². The predicted octanol–water partition coefficient (Wildman–Crippen LogP) is -0.435. The fourth-order valence-corrected chi connectivity index (χ4v) is 0. The standard InChI is InChI=1S/C2H5OTe/c3-1-2-4/h3H,1-2H2. The molecule has 0 heterocycles. The molecule has 0 unspecified atom stereocenters. The van der Waals surface area contributed by atoms with E-state index in [0.29, 0.717) is 6.61 Å². The van der Waals surface area contributed by atoms with Crippen LogP contribution in [0.3, 0.4) is 0 Å². The van der Waals surface area contributed by atoms with Crippen LogP contribution in [-0.4, -0.2) is 34.0 Å². The second-order valence-corrected chi connectivity index (χ2v) is 1.59. The second-order valence-electron chi connectivity index (χ2n) is 0.428. The van der Waals surface area contributed by atoms with Crippen molar-refractivity contribution >= 4 is 22.3 Å². The zero-order valence-electron chi connectivity index (χ0n) is 2.27. The van der Waals surface area contributed by atoms with E-state index in [0.717, 1.165) is 4.47 Å². The van der Waals surface area contributed by atoms with E-state index in [1.54, 1.807) is 0 Å². The fraction of sp³-hybridized carbons (Fsp3) is 1.00. The Hall–Kier alpha value is 0.750. The van der Waals surface area contributed by atoms with Gasteiger partial charge in [0.25, 0.3) is 0 Å². The average molecular weight is 173 g/mol. The Labute approximate surface area is 38.9 Å². The molecule has 0 spiro atoms. The molecule has 25 valence electrons. The van der Waals surface area contributed by atoms with Gasteiger partial charge in [0.2, 0.25) is 0 Å². The first-order valence-corrected chi connectivity index (χ1v) is 2.75. The van der Waals surface area contributed by atoms with Gasteiger partial charge in [-0.3, -0.25) is 0 Å². The van der Waals surface area contributed by atoms with Crippen LogP contribution in [0.5, 0.6) is 0 Å². The molecular formula is C2H5OTe. The molecule has 2 heteroatoms. The Kier molecular flexibility index (Phi) is 4.45. The Bertz CT molecular complexity index is 8.00. The summed E-state index contributed by atoms with van der Waals surface area (Å²) in [4.78, 5) is 0. The van der Waals surface area contributed by atoms with Crippen LogP contribution in [0.2, 0.25) is 4.47 Å². The summed E-state index contributed by atoms with van der Waals surface area (Å²) in [5.74, 6) is 0. The van der Waals surface area contributed by atoms with Crippen molar-refractivity contribution < 1.29 is 5.11 Å². The van der Waals surface area contributed by atoms with Gasteiger partial charge in [0.15, 0.2) is 0 Å². The van der Waals surface area contributed by atoms with E-state index in [2.05, 4.69) is 0 Å². The Balaban J connectivity index is 1.97. The van der Waals surface area contributed by atoms with E-state index in [4.69, 9.17) is 5.11 Å². The number of hydrogen-bond donors (Lipinski definition) is 1. The van der Waals surface area contributed by atoms with E-state index < -0.39 is 0 Å². The van der Waals surface area contributed by atoms with E-state index in [1.165, 1.54) is 0 Å². The number of hydrogen-bond acceptors (Lipinski definition) is 1. The van der Waals surface area contributed by atoms with Gasteiger partial charge in [0, 0.05) is 0 Å². The third-order valence-electron chi connectivity index (χ3n) is 0.0913. The van der Waals surface area contributed by atoms with Crippen molar-refractivity contribution in [3.8, 4) is 0 Å². The van der Waals surface area contributed by atoms with Crippen LogP contribution in [0.25, 0.3) is 0 Å². The average Bonchev–Trinajstić information content (AvgIpc) is 1.37. The molecule has 0 aromatic rings. The first kappa shape index (κ1) is 4.75. The fourth-order valence-electron chi connectivity index (χ4n) is 0. The quantitative estimate of drug-likeness (QED) is 0.532. The summed E-state index contributed by atoms with van der Waals surface area (Å²) < 4.78 is 0.885. The molecule has 0 saturated carbocycles. The summed E-state index contributed by atoms with van der Waals surface area (Å²) in [6.07, 6.45) is 0. The first-order chi connectivity index (χ1) is 1.91. The Morgan fingerprint density at radius 3 is 2.00 bits per heavy atom. The normalized spacial score (nSPS) is 7.50. The molecular weight excluding hydrogens is 168 g/mol. The van der Waals surface area contributed by atoms with E-state index in [9.17, 15) is 0 Å². The van der Waals surface area contributed by atoms with Crippen LogP contribution in [-0.2, 0) is 0 Å². The molecule has 4 heavy (non-hydrogen) atoms. The van der Waals surface area contributed by atoms with Gasteiger partial charge in [-0.1, -0.05) is 0 Å². The molecule has 0 aliphatic heterocycles. The summed E-state index contributed by atoms with van der Waals surface area (Å²) in [6.45, 7) is 0.324. The molecule has 0 atom stereocenters. The summed E-state index contributed by atoms with van der Waals surface area (Å²) in [5.41, 5.74) is 0.